The van der Waals surface area contributed by atoms with Crippen molar-refractivity contribution in [1.82, 2.24) is 10.2 Å². The van der Waals surface area contributed by atoms with Gasteiger partial charge in [-0.3, -0.25) is 9.59 Å². The minimum atomic E-state index is -0.760. The average molecular weight is 409 g/mol. The number of likely N-dealkylation sites (N-methyl/N-ethyl adjacent to an activating group) is 1. The fourth-order valence-corrected chi connectivity index (χ4v) is 2.22. The van der Waals surface area contributed by atoms with E-state index < -0.39 is 24.3 Å². The summed E-state index contributed by atoms with van der Waals surface area (Å²) in [5.41, 5.74) is 0.500. The third-order valence-corrected chi connectivity index (χ3v) is 3.83. The van der Waals surface area contributed by atoms with E-state index in [1.165, 1.54) is 37.6 Å². The second-order valence-electron chi connectivity index (χ2n) is 5.72. The number of benzene rings is 1. The second kappa shape index (κ2) is 10.3. The van der Waals surface area contributed by atoms with Gasteiger partial charge in [-0.25, -0.2) is 9.18 Å². The summed E-state index contributed by atoms with van der Waals surface area (Å²) in [7, 11) is 1.42. The standard InChI is InChI=1S/C19H18ClFN2O5/c1-23(11-17(24)22-10-14-3-2-8-27-14)18(25)12-28-19(26)7-5-13-4-6-16(21)15(20)9-13/h2-9H,10-12H2,1H3,(H,22,24)/b7-5+. The zero-order valence-corrected chi connectivity index (χ0v) is 15.7. The number of amides is 2. The van der Waals surface area contributed by atoms with Gasteiger partial charge < -0.3 is 19.4 Å². The molecule has 28 heavy (non-hydrogen) atoms. The van der Waals surface area contributed by atoms with Crippen molar-refractivity contribution < 1.29 is 27.9 Å². The number of carbonyl (C=O) groups is 3. The molecule has 0 aliphatic rings. The third kappa shape index (κ3) is 6.88. The van der Waals surface area contributed by atoms with Gasteiger partial charge in [-0.1, -0.05) is 17.7 Å². The van der Waals surface area contributed by atoms with Gasteiger partial charge in [-0.15, -0.1) is 0 Å². The molecular formula is C19H18ClFN2O5. The molecule has 0 atom stereocenters. The highest BCUT2D eigenvalue weighted by Crippen LogP contribution is 2.16. The molecule has 0 fully saturated rings. The number of ether oxygens (including phenoxy) is 1. The Hall–Kier alpha value is -3.13. The van der Waals surface area contributed by atoms with Gasteiger partial charge >= 0.3 is 5.97 Å². The number of nitrogens with zero attached hydrogens (tertiary/aromatic N) is 1. The van der Waals surface area contributed by atoms with E-state index in [1.807, 2.05) is 0 Å². The van der Waals surface area contributed by atoms with Gasteiger partial charge in [0.25, 0.3) is 5.91 Å². The van der Waals surface area contributed by atoms with Gasteiger partial charge in [0, 0.05) is 13.1 Å². The second-order valence-corrected chi connectivity index (χ2v) is 6.13. The lowest BCUT2D eigenvalue weighted by Crippen LogP contribution is -2.39. The van der Waals surface area contributed by atoms with Gasteiger partial charge in [0.15, 0.2) is 6.61 Å². The minimum absolute atomic E-state index is 0.0716. The van der Waals surface area contributed by atoms with Crippen molar-refractivity contribution >= 4 is 35.5 Å². The first-order chi connectivity index (χ1) is 13.3. The van der Waals surface area contributed by atoms with Crippen LogP contribution in [0.3, 0.4) is 0 Å². The quantitative estimate of drug-likeness (QED) is 0.535. The maximum absolute atomic E-state index is 13.1. The zero-order chi connectivity index (χ0) is 20.5. The maximum atomic E-state index is 13.1. The summed E-state index contributed by atoms with van der Waals surface area (Å²) < 4.78 is 23.0. The van der Waals surface area contributed by atoms with Gasteiger partial charge in [-0.2, -0.15) is 0 Å². The molecule has 1 heterocycles. The van der Waals surface area contributed by atoms with E-state index in [-0.39, 0.29) is 24.0 Å². The Bertz CT molecular complexity index is 867. The van der Waals surface area contributed by atoms with Crippen LogP contribution < -0.4 is 5.32 Å². The third-order valence-electron chi connectivity index (χ3n) is 3.54. The van der Waals surface area contributed by atoms with E-state index in [4.69, 9.17) is 20.8 Å². The van der Waals surface area contributed by atoms with Crippen LogP contribution in [-0.2, 0) is 25.7 Å². The molecule has 0 aliphatic carbocycles. The number of furan rings is 1. The SMILES string of the molecule is CN(CC(=O)NCc1ccco1)C(=O)COC(=O)/C=C/c1ccc(F)c(Cl)c1. The van der Waals surface area contributed by atoms with E-state index in [2.05, 4.69) is 5.32 Å². The summed E-state index contributed by atoms with van der Waals surface area (Å²) >= 11 is 5.65. The lowest BCUT2D eigenvalue weighted by atomic mass is 10.2. The lowest BCUT2D eigenvalue weighted by molar-refractivity contribution is -0.148. The lowest BCUT2D eigenvalue weighted by Gasteiger charge is -2.16. The molecule has 0 radical (unpaired) electrons. The highest BCUT2D eigenvalue weighted by molar-refractivity contribution is 6.30. The number of hydrogen-bond acceptors (Lipinski definition) is 5. The number of nitrogens with one attached hydrogen (secondary N) is 1. The van der Waals surface area contributed by atoms with E-state index in [9.17, 15) is 18.8 Å². The first-order valence-electron chi connectivity index (χ1n) is 8.18. The Kier molecular flexibility index (Phi) is 7.76. The Labute approximate surface area is 165 Å². The molecule has 9 heteroatoms. The molecule has 0 aliphatic heterocycles. The molecule has 2 rings (SSSR count). The summed E-state index contributed by atoms with van der Waals surface area (Å²) in [6, 6.07) is 7.36. The highest BCUT2D eigenvalue weighted by atomic mass is 35.5. The van der Waals surface area contributed by atoms with Gasteiger partial charge in [-0.05, 0) is 35.9 Å². The van der Waals surface area contributed by atoms with Crippen LogP contribution in [0.15, 0.2) is 47.1 Å². The molecule has 2 aromatic rings. The molecule has 0 saturated carbocycles. The maximum Gasteiger partial charge on any atom is 0.331 e. The van der Waals surface area contributed by atoms with E-state index in [1.54, 1.807) is 12.1 Å². The molecule has 2 amide bonds. The smallest absolute Gasteiger partial charge is 0.331 e. The first kappa shape index (κ1) is 21.2. The van der Waals surface area contributed by atoms with Gasteiger partial charge in [0.2, 0.25) is 5.91 Å². The summed E-state index contributed by atoms with van der Waals surface area (Å²) in [5.74, 6) is -1.66. The average Bonchev–Trinajstić information content (AvgIpc) is 3.19. The van der Waals surface area contributed by atoms with Crippen molar-refractivity contribution in [2.75, 3.05) is 20.2 Å². The van der Waals surface area contributed by atoms with Crippen LogP contribution in [0.25, 0.3) is 6.08 Å². The molecule has 0 unspecified atom stereocenters. The Morgan fingerprint density at radius 2 is 2.11 bits per heavy atom. The van der Waals surface area contributed by atoms with Crippen LogP contribution in [0.2, 0.25) is 5.02 Å². The van der Waals surface area contributed by atoms with Crippen LogP contribution in [0.1, 0.15) is 11.3 Å². The Morgan fingerprint density at radius 3 is 2.79 bits per heavy atom. The van der Waals surface area contributed by atoms with Crippen LogP contribution in [0.5, 0.6) is 0 Å². The van der Waals surface area contributed by atoms with Crippen LogP contribution in [0.4, 0.5) is 4.39 Å². The predicted octanol–water partition coefficient (Wildman–Crippen LogP) is 2.40. The number of hydrogen-bond donors (Lipinski definition) is 1. The molecule has 1 N–H and O–H groups in total. The van der Waals surface area contributed by atoms with Gasteiger partial charge in [0.05, 0.1) is 24.4 Å². The minimum Gasteiger partial charge on any atom is -0.467 e. The molecule has 1 aromatic heterocycles. The van der Waals surface area contributed by atoms with E-state index in [0.717, 1.165) is 11.0 Å². The monoisotopic (exact) mass is 408 g/mol. The number of halogens is 2. The molecule has 0 saturated heterocycles. The summed E-state index contributed by atoms with van der Waals surface area (Å²) in [5, 5.41) is 2.53. The molecule has 0 spiro atoms. The van der Waals surface area contributed by atoms with E-state index >= 15 is 0 Å². The Morgan fingerprint density at radius 1 is 1.32 bits per heavy atom. The number of esters is 1. The van der Waals surface area contributed by atoms with Crippen molar-refractivity contribution in [1.29, 1.82) is 0 Å². The number of rotatable bonds is 8. The van der Waals surface area contributed by atoms with Crippen molar-refractivity contribution in [2.24, 2.45) is 0 Å². The largest absolute Gasteiger partial charge is 0.467 e. The van der Waals surface area contributed by atoms with Gasteiger partial charge in [0.1, 0.15) is 11.6 Å². The number of carbonyl (C=O) groups excluding carboxylic acids is 3. The summed E-state index contributed by atoms with van der Waals surface area (Å²) in [6.45, 7) is -0.503. The fourth-order valence-electron chi connectivity index (χ4n) is 2.03. The molecule has 0 bridgehead atoms. The van der Waals surface area contributed by atoms with Crippen molar-refractivity contribution in [2.45, 2.75) is 6.54 Å². The fraction of sp³-hybridized carbons (Fsp3) is 0.211. The molecular weight excluding hydrogens is 391 g/mol. The van der Waals surface area contributed by atoms with Crippen molar-refractivity contribution in [3.05, 3.63) is 64.8 Å². The molecule has 148 valence electrons. The van der Waals surface area contributed by atoms with Crippen LogP contribution >= 0.6 is 11.6 Å². The molecule has 7 nitrogen and oxygen atoms in total. The first-order valence-corrected chi connectivity index (χ1v) is 8.56. The highest BCUT2D eigenvalue weighted by Gasteiger charge is 2.14. The van der Waals surface area contributed by atoms with Crippen molar-refractivity contribution in [3.8, 4) is 0 Å². The van der Waals surface area contributed by atoms with Crippen molar-refractivity contribution in [3.63, 3.8) is 0 Å². The predicted molar refractivity (Wildman–Crippen MR) is 99.6 cm³/mol. The Balaban J connectivity index is 1.72. The zero-order valence-electron chi connectivity index (χ0n) is 15.0. The normalized spacial score (nSPS) is 10.7. The topological polar surface area (TPSA) is 88.8 Å². The summed E-state index contributed by atoms with van der Waals surface area (Å²) in [4.78, 5) is 36.5. The van der Waals surface area contributed by atoms with E-state index in [0.29, 0.717) is 11.3 Å². The molecule has 1 aromatic carbocycles. The van der Waals surface area contributed by atoms with Crippen LogP contribution in [0, 0.1) is 5.82 Å². The van der Waals surface area contributed by atoms with Crippen LogP contribution in [-0.4, -0.2) is 42.9 Å². The summed E-state index contributed by atoms with van der Waals surface area (Å²) in [6.07, 6.45) is 3.96.